The van der Waals surface area contributed by atoms with Gasteiger partial charge in [0.25, 0.3) is 11.8 Å². The summed E-state index contributed by atoms with van der Waals surface area (Å²) in [5, 5.41) is 0. The number of fused-ring (bicyclic) bond motifs is 1. The van der Waals surface area contributed by atoms with Crippen LogP contribution in [0.25, 0.3) is 0 Å². The number of rotatable bonds is 3. The molecule has 1 saturated heterocycles. The number of carbonyl (C=O) groups excluding carboxylic acids is 3. The fourth-order valence-corrected chi connectivity index (χ4v) is 3.85. The Morgan fingerprint density at radius 2 is 1.85 bits per heavy atom. The third kappa shape index (κ3) is 2.84. The SMILES string of the molecule is C=C1CCC(N2C(=O)c3cccc(OC4CCOCC4)c3C2=O)C(=O)C1. The van der Waals surface area contributed by atoms with Gasteiger partial charge in [0.2, 0.25) is 0 Å². The highest BCUT2D eigenvalue weighted by Gasteiger charge is 2.45. The molecule has 26 heavy (non-hydrogen) atoms. The Morgan fingerprint density at radius 1 is 1.08 bits per heavy atom. The summed E-state index contributed by atoms with van der Waals surface area (Å²) in [6.45, 7) is 5.09. The van der Waals surface area contributed by atoms with Crippen LogP contribution in [-0.4, -0.2) is 47.9 Å². The molecule has 2 amide bonds. The van der Waals surface area contributed by atoms with Crippen molar-refractivity contribution in [2.45, 2.75) is 44.2 Å². The van der Waals surface area contributed by atoms with E-state index in [1.54, 1.807) is 18.2 Å². The van der Waals surface area contributed by atoms with E-state index in [0.717, 1.165) is 23.3 Å². The highest BCUT2D eigenvalue weighted by Crippen LogP contribution is 2.36. The summed E-state index contributed by atoms with van der Waals surface area (Å²) >= 11 is 0. The van der Waals surface area contributed by atoms with Crippen LogP contribution in [0.2, 0.25) is 0 Å². The molecule has 136 valence electrons. The van der Waals surface area contributed by atoms with Gasteiger partial charge in [-0.05, 0) is 25.0 Å². The monoisotopic (exact) mass is 355 g/mol. The summed E-state index contributed by atoms with van der Waals surface area (Å²) in [6.07, 6.45) is 2.78. The van der Waals surface area contributed by atoms with Crippen molar-refractivity contribution >= 4 is 17.6 Å². The molecule has 6 heteroatoms. The van der Waals surface area contributed by atoms with Crippen LogP contribution in [0.5, 0.6) is 5.75 Å². The van der Waals surface area contributed by atoms with E-state index in [1.807, 2.05) is 0 Å². The van der Waals surface area contributed by atoms with Gasteiger partial charge in [-0.1, -0.05) is 18.2 Å². The van der Waals surface area contributed by atoms with Gasteiger partial charge in [-0.2, -0.15) is 0 Å². The normalized spacial score (nSPS) is 24.2. The van der Waals surface area contributed by atoms with E-state index >= 15 is 0 Å². The van der Waals surface area contributed by atoms with E-state index in [1.165, 1.54) is 0 Å². The molecule has 1 atom stereocenters. The van der Waals surface area contributed by atoms with Crippen molar-refractivity contribution in [2.75, 3.05) is 13.2 Å². The second kappa shape index (κ2) is 6.68. The minimum atomic E-state index is -0.705. The molecule has 1 unspecified atom stereocenters. The second-order valence-electron chi connectivity index (χ2n) is 7.04. The Balaban J connectivity index is 1.62. The number of carbonyl (C=O) groups is 3. The molecule has 1 aromatic rings. The number of nitrogens with zero attached hydrogens (tertiary/aromatic N) is 1. The number of benzene rings is 1. The van der Waals surface area contributed by atoms with Gasteiger partial charge in [0.1, 0.15) is 11.9 Å². The summed E-state index contributed by atoms with van der Waals surface area (Å²) in [5.74, 6) is -0.544. The Bertz CT molecular complexity index is 793. The van der Waals surface area contributed by atoms with E-state index < -0.39 is 17.9 Å². The largest absolute Gasteiger partial charge is 0.489 e. The predicted molar refractivity (Wildman–Crippen MR) is 93.2 cm³/mol. The molecule has 2 aliphatic heterocycles. The average molecular weight is 355 g/mol. The molecule has 0 spiro atoms. The molecule has 4 rings (SSSR count). The zero-order chi connectivity index (χ0) is 18.3. The van der Waals surface area contributed by atoms with Crippen molar-refractivity contribution < 1.29 is 23.9 Å². The lowest BCUT2D eigenvalue weighted by atomic mass is 9.89. The fraction of sp³-hybridized carbons (Fsp3) is 0.450. The molecule has 0 N–H and O–H groups in total. The smallest absolute Gasteiger partial charge is 0.266 e. The molecule has 1 aliphatic carbocycles. The number of ketones is 1. The van der Waals surface area contributed by atoms with Crippen molar-refractivity contribution in [1.82, 2.24) is 4.90 Å². The number of ether oxygens (including phenoxy) is 2. The molecular formula is C20H21NO5. The molecule has 6 nitrogen and oxygen atoms in total. The van der Waals surface area contributed by atoms with Gasteiger partial charge in [-0.15, -0.1) is 0 Å². The van der Waals surface area contributed by atoms with E-state index in [0.29, 0.717) is 37.4 Å². The molecule has 0 radical (unpaired) electrons. The van der Waals surface area contributed by atoms with E-state index in [-0.39, 0.29) is 23.9 Å². The lowest BCUT2D eigenvalue weighted by Gasteiger charge is -2.29. The molecule has 2 fully saturated rings. The zero-order valence-corrected chi connectivity index (χ0v) is 14.5. The molecular weight excluding hydrogens is 334 g/mol. The Morgan fingerprint density at radius 3 is 2.58 bits per heavy atom. The summed E-state index contributed by atoms with van der Waals surface area (Å²) in [5.41, 5.74) is 1.45. The molecule has 0 bridgehead atoms. The van der Waals surface area contributed by atoms with Crippen LogP contribution in [0, 0.1) is 0 Å². The van der Waals surface area contributed by atoms with Crippen LogP contribution in [0.4, 0.5) is 0 Å². The molecule has 3 aliphatic rings. The van der Waals surface area contributed by atoms with Crippen LogP contribution in [-0.2, 0) is 9.53 Å². The zero-order valence-electron chi connectivity index (χ0n) is 14.5. The Labute approximate surface area is 151 Å². The molecule has 2 heterocycles. The quantitative estimate of drug-likeness (QED) is 0.615. The summed E-state index contributed by atoms with van der Waals surface area (Å²) in [4.78, 5) is 39.4. The first-order chi connectivity index (χ1) is 12.6. The minimum absolute atomic E-state index is 0.0353. The number of hydrogen-bond acceptors (Lipinski definition) is 5. The topological polar surface area (TPSA) is 72.9 Å². The third-order valence-electron chi connectivity index (χ3n) is 5.25. The van der Waals surface area contributed by atoms with Crippen molar-refractivity contribution in [3.8, 4) is 5.75 Å². The van der Waals surface area contributed by atoms with Crippen LogP contribution >= 0.6 is 0 Å². The average Bonchev–Trinajstić information content (AvgIpc) is 2.88. The van der Waals surface area contributed by atoms with E-state index in [2.05, 4.69) is 6.58 Å². The van der Waals surface area contributed by atoms with E-state index in [9.17, 15) is 14.4 Å². The van der Waals surface area contributed by atoms with Crippen LogP contribution in [0.15, 0.2) is 30.4 Å². The van der Waals surface area contributed by atoms with Crippen molar-refractivity contribution in [3.05, 3.63) is 41.5 Å². The van der Waals surface area contributed by atoms with Crippen molar-refractivity contribution in [1.29, 1.82) is 0 Å². The predicted octanol–water partition coefficient (Wildman–Crippen LogP) is 2.52. The maximum absolute atomic E-state index is 13.0. The van der Waals surface area contributed by atoms with Crippen molar-refractivity contribution in [2.24, 2.45) is 0 Å². The van der Waals surface area contributed by atoms with Gasteiger partial charge in [-0.3, -0.25) is 19.3 Å². The summed E-state index contributed by atoms with van der Waals surface area (Å²) < 4.78 is 11.3. The first kappa shape index (κ1) is 17.0. The maximum atomic E-state index is 13.0. The van der Waals surface area contributed by atoms with Gasteiger partial charge in [-0.25, -0.2) is 0 Å². The lowest BCUT2D eigenvalue weighted by molar-refractivity contribution is -0.123. The lowest BCUT2D eigenvalue weighted by Crippen LogP contribution is -2.46. The minimum Gasteiger partial charge on any atom is -0.489 e. The second-order valence-corrected chi connectivity index (χ2v) is 7.04. The number of allylic oxidation sites excluding steroid dienone is 1. The summed E-state index contributed by atoms with van der Waals surface area (Å²) in [7, 11) is 0. The van der Waals surface area contributed by atoms with Crippen LogP contribution in [0.1, 0.15) is 52.8 Å². The number of amides is 2. The maximum Gasteiger partial charge on any atom is 0.266 e. The van der Waals surface area contributed by atoms with Crippen LogP contribution < -0.4 is 4.74 Å². The van der Waals surface area contributed by atoms with Crippen LogP contribution in [0.3, 0.4) is 0 Å². The number of imide groups is 1. The standard InChI is InChI=1S/C20H21NO5/c1-12-5-6-15(16(22)11-12)21-19(23)14-3-2-4-17(18(14)20(21)24)26-13-7-9-25-10-8-13/h2-4,13,15H,1,5-11H2. The third-order valence-corrected chi connectivity index (χ3v) is 5.25. The number of hydrogen-bond donors (Lipinski definition) is 0. The molecule has 0 aromatic heterocycles. The van der Waals surface area contributed by atoms with E-state index in [4.69, 9.17) is 9.47 Å². The molecule has 1 aromatic carbocycles. The summed E-state index contributed by atoms with van der Waals surface area (Å²) in [6, 6.07) is 4.35. The highest BCUT2D eigenvalue weighted by atomic mass is 16.5. The Hall–Kier alpha value is -2.47. The fourth-order valence-electron chi connectivity index (χ4n) is 3.85. The van der Waals surface area contributed by atoms with Crippen molar-refractivity contribution in [3.63, 3.8) is 0 Å². The van der Waals surface area contributed by atoms with Gasteiger partial charge in [0.15, 0.2) is 5.78 Å². The van der Waals surface area contributed by atoms with Gasteiger partial charge in [0, 0.05) is 19.3 Å². The first-order valence-electron chi connectivity index (χ1n) is 9.01. The van der Waals surface area contributed by atoms with Gasteiger partial charge >= 0.3 is 0 Å². The van der Waals surface area contributed by atoms with Gasteiger partial charge in [0.05, 0.1) is 30.4 Å². The van der Waals surface area contributed by atoms with Gasteiger partial charge < -0.3 is 9.47 Å². The number of Topliss-reactive ketones (excluding diaryl/α,β-unsaturated/α-hetero) is 1. The highest BCUT2D eigenvalue weighted by molar-refractivity contribution is 6.24. The first-order valence-corrected chi connectivity index (χ1v) is 9.01. The Kier molecular flexibility index (Phi) is 4.36. The molecule has 1 saturated carbocycles.